The first-order valence-electron chi connectivity index (χ1n) is 8.17. The second-order valence-electron chi connectivity index (χ2n) is 5.80. The lowest BCUT2D eigenvalue weighted by Crippen LogP contribution is -2.20. The van der Waals surface area contributed by atoms with Gasteiger partial charge >= 0.3 is 5.97 Å². The highest BCUT2D eigenvalue weighted by Crippen LogP contribution is 2.24. The van der Waals surface area contributed by atoms with Crippen LogP contribution in [0.3, 0.4) is 0 Å². The van der Waals surface area contributed by atoms with Crippen LogP contribution in [0.4, 0.5) is 0 Å². The van der Waals surface area contributed by atoms with E-state index in [4.69, 9.17) is 4.74 Å². The number of nitrogens with one attached hydrogen (secondary N) is 1. The molecule has 8 nitrogen and oxygen atoms in total. The zero-order valence-corrected chi connectivity index (χ0v) is 15.8. The number of ketones is 1. The van der Waals surface area contributed by atoms with Crippen molar-refractivity contribution >= 4 is 23.1 Å². The Morgan fingerprint density at radius 2 is 2.15 bits per heavy atom. The summed E-state index contributed by atoms with van der Waals surface area (Å²) >= 11 is 1.50. The number of aromatic nitrogens is 5. The van der Waals surface area contributed by atoms with E-state index in [9.17, 15) is 9.59 Å². The molecule has 0 spiro atoms. The van der Waals surface area contributed by atoms with E-state index in [1.165, 1.54) is 16.1 Å². The van der Waals surface area contributed by atoms with Crippen LogP contribution in [0, 0.1) is 13.8 Å². The van der Waals surface area contributed by atoms with Crippen molar-refractivity contribution in [1.82, 2.24) is 25.2 Å². The molecule has 1 N–H and O–H groups in total. The number of H-pyrrole nitrogens is 1. The van der Waals surface area contributed by atoms with E-state index >= 15 is 0 Å². The summed E-state index contributed by atoms with van der Waals surface area (Å²) in [6.45, 7) is 7.18. The van der Waals surface area contributed by atoms with Gasteiger partial charge in [-0.15, -0.1) is 21.5 Å². The number of ether oxygens (including phenoxy) is 1. The predicted molar refractivity (Wildman–Crippen MR) is 96.4 cm³/mol. The number of carbonyl (C=O) groups is 2. The molecule has 0 unspecified atom stereocenters. The first-order chi connectivity index (χ1) is 12.4. The first-order valence-corrected chi connectivity index (χ1v) is 9.05. The van der Waals surface area contributed by atoms with Crippen LogP contribution in [0.5, 0.6) is 0 Å². The number of aryl methyl sites for hydroxylation is 1. The molecular formula is C17H19N5O3S. The Labute approximate surface area is 154 Å². The van der Waals surface area contributed by atoms with Crippen LogP contribution in [-0.2, 0) is 4.74 Å². The molecule has 0 aliphatic rings. The number of aromatic amines is 1. The Hall–Kier alpha value is -2.81. The maximum atomic E-state index is 12.9. The summed E-state index contributed by atoms with van der Waals surface area (Å²) in [5.74, 6) is -0.188. The van der Waals surface area contributed by atoms with E-state index in [2.05, 4.69) is 20.4 Å². The lowest BCUT2D eigenvalue weighted by Gasteiger charge is -2.08. The molecule has 0 saturated heterocycles. The van der Waals surface area contributed by atoms with Gasteiger partial charge in [0.05, 0.1) is 22.7 Å². The fourth-order valence-corrected chi connectivity index (χ4v) is 3.36. The van der Waals surface area contributed by atoms with Crippen molar-refractivity contribution in [1.29, 1.82) is 0 Å². The Morgan fingerprint density at radius 3 is 2.81 bits per heavy atom. The zero-order valence-electron chi connectivity index (χ0n) is 14.9. The molecule has 0 aliphatic carbocycles. The molecule has 0 fully saturated rings. The maximum Gasteiger partial charge on any atom is 0.340 e. The normalized spacial score (nSPS) is 12.2. The Kier molecular flexibility index (Phi) is 4.99. The fraction of sp³-hybridized carbons (Fsp3) is 0.353. The standard InChI is InChI=1S/C17H19N5O3S/c1-5-25-17(24)13-9(2)14(18-10(13)3)15(23)11(4)22-20-16(19-21-22)12-7-6-8-26-12/h6-8,11,18H,5H2,1-4H3/t11-/m0/s1. The summed E-state index contributed by atoms with van der Waals surface area (Å²) in [6.07, 6.45) is 0. The van der Waals surface area contributed by atoms with Crippen LogP contribution in [0.25, 0.3) is 10.7 Å². The maximum absolute atomic E-state index is 12.9. The van der Waals surface area contributed by atoms with Gasteiger partial charge in [0.1, 0.15) is 6.04 Å². The number of thiophene rings is 1. The van der Waals surface area contributed by atoms with Crippen LogP contribution in [0.15, 0.2) is 17.5 Å². The van der Waals surface area contributed by atoms with Crippen LogP contribution in [0.2, 0.25) is 0 Å². The van der Waals surface area contributed by atoms with Crippen LogP contribution >= 0.6 is 11.3 Å². The van der Waals surface area contributed by atoms with Gasteiger partial charge in [0.15, 0.2) is 0 Å². The Balaban J connectivity index is 1.87. The molecule has 26 heavy (non-hydrogen) atoms. The highest BCUT2D eigenvalue weighted by Gasteiger charge is 2.27. The van der Waals surface area contributed by atoms with Crippen LogP contribution in [0.1, 0.15) is 52.0 Å². The van der Waals surface area contributed by atoms with E-state index in [0.717, 1.165) is 4.88 Å². The minimum absolute atomic E-state index is 0.226. The molecule has 3 heterocycles. The number of hydrogen-bond acceptors (Lipinski definition) is 7. The molecular weight excluding hydrogens is 354 g/mol. The number of nitrogens with zero attached hydrogens (tertiary/aromatic N) is 4. The van der Waals surface area contributed by atoms with Crippen molar-refractivity contribution in [2.24, 2.45) is 0 Å². The molecule has 0 aliphatic heterocycles. The molecule has 0 radical (unpaired) electrons. The molecule has 0 bridgehead atoms. The van der Waals surface area contributed by atoms with Gasteiger partial charge < -0.3 is 9.72 Å². The van der Waals surface area contributed by atoms with Crippen molar-refractivity contribution in [2.75, 3.05) is 6.61 Å². The van der Waals surface area contributed by atoms with Crippen LogP contribution < -0.4 is 0 Å². The summed E-state index contributed by atoms with van der Waals surface area (Å²) in [4.78, 5) is 30.2. The summed E-state index contributed by atoms with van der Waals surface area (Å²) in [5.41, 5.74) is 1.92. The van der Waals surface area contributed by atoms with Gasteiger partial charge in [0.2, 0.25) is 11.6 Å². The molecule has 0 amide bonds. The van der Waals surface area contributed by atoms with E-state index in [1.807, 2.05) is 17.5 Å². The summed E-state index contributed by atoms with van der Waals surface area (Å²) in [7, 11) is 0. The Bertz CT molecular complexity index is 942. The molecule has 3 aromatic heterocycles. The quantitative estimate of drug-likeness (QED) is 0.526. The third kappa shape index (κ3) is 3.17. The number of esters is 1. The average Bonchev–Trinajstić information content (AvgIpc) is 3.33. The van der Waals surface area contributed by atoms with Gasteiger partial charge in [-0.25, -0.2) is 4.79 Å². The summed E-state index contributed by atoms with van der Waals surface area (Å²) in [5, 5.41) is 14.2. The van der Waals surface area contributed by atoms with Crippen molar-refractivity contribution in [3.05, 3.63) is 40.0 Å². The molecule has 0 saturated carbocycles. The number of tetrazole rings is 1. The number of Topliss-reactive ketones (excluding diaryl/α,β-unsaturated/α-hetero) is 1. The second-order valence-corrected chi connectivity index (χ2v) is 6.74. The number of rotatable bonds is 6. The molecule has 1 atom stereocenters. The van der Waals surface area contributed by atoms with Gasteiger partial charge in [0, 0.05) is 5.69 Å². The topological polar surface area (TPSA) is 103 Å². The third-order valence-electron chi connectivity index (χ3n) is 4.06. The van der Waals surface area contributed by atoms with Gasteiger partial charge in [-0.1, -0.05) is 6.07 Å². The average molecular weight is 373 g/mol. The van der Waals surface area contributed by atoms with E-state index in [1.54, 1.807) is 27.7 Å². The van der Waals surface area contributed by atoms with Gasteiger partial charge in [-0.3, -0.25) is 4.79 Å². The minimum atomic E-state index is -0.664. The third-order valence-corrected chi connectivity index (χ3v) is 4.92. The lowest BCUT2D eigenvalue weighted by atomic mass is 10.1. The SMILES string of the molecule is CCOC(=O)c1c(C)[nH]c(C(=O)[C@H](C)n2nnc(-c3cccs3)n2)c1C. The van der Waals surface area contributed by atoms with Crippen LogP contribution in [-0.4, -0.2) is 43.6 Å². The first kappa shape index (κ1) is 18.0. The van der Waals surface area contributed by atoms with Crippen molar-refractivity contribution < 1.29 is 14.3 Å². The highest BCUT2D eigenvalue weighted by molar-refractivity contribution is 7.13. The zero-order chi connectivity index (χ0) is 18.8. The van der Waals surface area contributed by atoms with Crippen molar-refractivity contribution in [3.8, 4) is 10.7 Å². The largest absolute Gasteiger partial charge is 0.462 e. The summed E-state index contributed by atoms with van der Waals surface area (Å²) < 4.78 is 5.06. The number of hydrogen-bond donors (Lipinski definition) is 1. The van der Waals surface area contributed by atoms with E-state index in [0.29, 0.717) is 28.3 Å². The van der Waals surface area contributed by atoms with Crippen molar-refractivity contribution in [2.45, 2.75) is 33.7 Å². The minimum Gasteiger partial charge on any atom is -0.462 e. The second kappa shape index (κ2) is 7.20. The Morgan fingerprint density at radius 1 is 1.38 bits per heavy atom. The van der Waals surface area contributed by atoms with Gasteiger partial charge in [0.25, 0.3) is 0 Å². The lowest BCUT2D eigenvalue weighted by molar-refractivity contribution is 0.0525. The smallest absolute Gasteiger partial charge is 0.340 e. The molecule has 9 heteroatoms. The predicted octanol–water partition coefficient (Wildman–Crippen LogP) is 2.97. The fourth-order valence-electron chi connectivity index (χ4n) is 2.71. The molecule has 136 valence electrons. The monoisotopic (exact) mass is 373 g/mol. The van der Waals surface area contributed by atoms with Gasteiger partial charge in [-0.2, -0.15) is 4.80 Å². The highest BCUT2D eigenvalue weighted by atomic mass is 32.1. The van der Waals surface area contributed by atoms with Gasteiger partial charge in [-0.05, 0) is 49.9 Å². The van der Waals surface area contributed by atoms with Crippen molar-refractivity contribution in [3.63, 3.8) is 0 Å². The molecule has 3 aromatic rings. The van der Waals surface area contributed by atoms with E-state index in [-0.39, 0.29) is 12.4 Å². The van der Waals surface area contributed by atoms with E-state index < -0.39 is 12.0 Å². The summed E-state index contributed by atoms with van der Waals surface area (Å²) in [6, 6.07) is 3.13. The number of carbonyl (C=O) groups excluding carboxylic acids is 2. The molecule has 3 rings (SSSR count). The molecule has 0 aromatic carbocycles.